The number of carbonyl (C=O) groups is 1. The number of benzene rings is 2. The standard InChI is InChI=1S/C17H15FN2O/c1-10-6-7-15-14(8-10)11(2)16(20-15)17(21)19-13-5-3-4-12(18)9-13/h3-9,20H,1-2H3,(H,19,21). The summed E-state index contributed by atoms with van der Waals surface area (Å²) in [4.78, 5) is 15.5. The summed E-state index contributed by atoms with van der Waals surface area (Å²) < 4.78 is 13.2. The molecule has 0 spiro atoms. The zero-order valence-electron chi connectivity index (χ0n) is 11.8. The molecule has 3 rings (SSSR count). The number of hydrogen-bond donors (Lipinski definition) is 2. The first kappa shape index (κ1) is 13.4. The monoisotopic (exact) mass is 282 g/mol. The number of fused-ring (bicyclic) bond motifs is 1. The minimum absolute atomic E-state index is 0.271. The topological polar surface area (TPSA) is 44.9 Å². The van der Waals surface area contributed by atoms with Gasteiger partial charge in [0.15, 0.2) is 0 Å². The van der Waals surface area contributed by atoms with Crippen molar-refractivity contribution in [3.8, 4) is 0 Å². The lowest BCUT2D eigenvalue weighted by Crippen LogP contribution is -2.13. The molecule has 0 fully saturated rings. The molecule has 106 valence electrons. The average Bonchev–Trinajstić information content (AvgIpc) is 2.76. The normalized spacial score (nSPS) is 10.8. The highest BCUT2D eigenvalue weighted by Crippen LogP contribution is 2.23. The zero-order valence-corrected chi connectivity index (χ0v) is 11.8. The summed E-state index contributed by atoms with van der Waals surface area (Å²) in [5, 5.41) is 3.73. The Morgan fingerprint density at radius 3 is 2.71 bits per heavy atom. The van der Waals surface area contributed by atoms with Gasteiger partial charge >= 0.3 is 0 Å². The molecule has 0 aliphatic carbocycles. The van der Waals surface area contributed by atoms with Crippen molar-refractivity contribution < 1.29 is 9.18 Å². The van der Waals surface area contributed by atoms with E-state index in [2.05, 4.69) is 10.3 Å². The van der Waals surface area contributed by atoms with Gasteiger partial charge in [0.1, 0.15) is 11.5 Å². The molecule has 2 aromatic carbocycles. The van der Waals surface area contributed by atoms with Crippen LogP contribution in [-0.4, -0.2) is 10.9 Å². The molecule has 0 atom stereocenters. The molecular formula is C17H15FN2O. The van der Waals surface area contributed by atoms with E-state index in [9.17, 15) is 9.18 Å². The summed E-state index contributed by atoms with van der Waals surface area (Å²) in [6.45, 7) is 3.91. The molecule has 1 heterocycles. The number of hydrogen-bond acceptors (Lipinski definition) is 1. The van der Waals surface area contributed by atoms with Crippen LogP contribution in [0.25, 0.3) is 10.9 Å². The third-order valence-corrected chi connectivity index (χ3v) is 3.52. The lowest BCUT2D eigenvalue weighted by molar-refractivity contribution is 0.102. The second kappa shape index (κ2) is 5.05. The summed E-state index contributed by atoms with van der Waals surface area (Å²) in [5.41, 5.74) is 3.89. The van der Waals surface area contributed by atoms with Crippen LogP contribution in [0.1, 0.15) is 21.6 Å². The summed E-state index contributed by atoms with van der Waals surface area (Å²) in [6, 6.07) is 11.8. The van der Waals surface area contributed by atoms with Crippen molar-refractivity contribution in [2.45, 2.75) is 13.8 Å². The van der Waals surface area contributed by atoms with Gasteiger partial charge in [0.2, 0.25) is 0 Å². The average molecular weight is 282 g/mol. The maximum atomic E-state index is 13.2. The Morgan fingerprint density at radius 1 is 1.14 bits per heavy atom. The second-order valence-corrected chi connectivity index (χ2v) is 5.14. The molecule has 0 unspecified atom stereocenters. The largest absolute Gasteiger partial charge is 0.350 e. The predicted molar refractivity (Wildman–Crippen MR) is 82.1 cm³/mol. The Morgan fingerprint density at radius 2 is 1.95 bits per heavy atom. The maximum Gasteiger partial charge on any atom is 0.272 e. The van der Waals surface area contributed by atoms with Gasteiger partial charge < -0.3 is 10.3 Å². The van der Waals surface area contributed by atoms with E-state index in [0.29, 0.717) is 11.4 Å². The van der Waals surface area contributed by atoms with Crippen molar-refractivity contribution in [3.05, 3.63) is 65.1 Å². The smallest absolute Gasteiger partial charge is 0.272 e. The first-order valence-corrected chi connectivity index (χ1v) is 6.70. The molecule has 3 aromatic rings. The van der Waals surface area contributed by atoms with Crippen LogP contribution < -0.4 is 5.32 Å². The molecule has 0 aliphatic rings. The van der Waals surface area contributed by atoms with Crippen LogP contribution in [-0.2, 0) is 0 Å². The Bertz CT molecular complexity index is 836. The fraction of sp³-hybridized carbons (Fsp3) is 0.118. The van der Waals surface area contributed by atoms with E-state index in [1.807, 2.05) is 32.0 Å². The van der Waals surface area contributed by atoms with Crippen LogP contribution >= 0.6 is 0 Å². The van der Waals surface area contributed by atoms with Gasteiger partial charge in [0, 0.05) is 16.6 Å². The molecule has 0 bridgehead atoms. The number of anilines is 1. The molecule has 0 radical (unpaired) electrons. The molecule has 1 amide bonds. The quantitative estimate of drug-likeness (QED) is 0.727. The lowest BCUT2D eigenvalue weighted by Gasteiger charge is -2.04. The molecule has 0 saturated carbocycles. The van der Waals surface area contributed by atoms with Gasteiger partial charge in [-0.3, -0.25) is 4.79 Å². The highest BCUT2D eigenvalue weighted by Gasteiger charge is 2.15. The number of aromatic amines is 1. The molecule has 1 aromatic heterocycles. The third-order valence-electron chi connectivity index (χ3n) is 3.52. The Hall–Kier alpha value is -2.62. The van der Waals surface area contributed by atoms with E-state index in [1.54, 1.807) is 12.1 Å². The van der Waals surface area contributed by atoms with Crippen molar-refractivity contribution in [2.75, 3.05) is 5.32 Å². The van der Waals surface area contributed by atoms with Crippen LogP contribution in [0.3, 0.4) is 0 Å². The van der Waals surface area contributed by atoms with E-state index in [-0.39, 0.29) is 11.7 Å². The van der Waals surface area contributed by atoms with E-state index >= 15 is 0 Å². The van der Waals surface area contributed by atoms with Crippen molar-refractivity contribution >= 4 is 22.5 Å². The van der Waals surface area contributed by atoms with Crippen LogP contribution in [0, 0.1) is 19.7 Å². The first-order chi connectivity index (χ1) is 10.0. The minimum atomic E-state index is -0.378. The maximum absolute atomic E-state index is 13.2. The van der Waals surface area contributed by atoms with Crippen molar-refractivity contribution in [1.29, 1.82) is 0 Å². The molecule has 0 aliphatic heterocycles. The number of carbonyl (C=O) groups excluding carboxylic acids is 1. The number of H-pyrrole nitrogens is 1. The summed E-state index contributed by atoms with van der Waals surface area (Å²) in [5.74, 6) is -0.649. The lowest BCUT2D eigenvalue weighted by atomic mass is 10.1. The highest BCUT2D eigenvalue weighted by atomic mass is 19.1. The molecular weight excluding hydrogens is 267 g/mol. The number of nitrogens with one attached hydrogen (secondary N) is 2. The summed E-state index contributed by atoms with van der Waals surface area (Å²) >= 11 is 0. The molecule has 4 heteroatoms. The van der Waals surface area contributed by atoms with Crippen molar-refractivity contribution in [3.63, 3.8) is 0 Å². The van der Waals surface area contributed by atoms with Crippen molar-refractivity contribution in [1.82, 2.24) is 4.98 Å². The van der Waals surface area contributed by atoms with Crippen LogP contribution in [0.5, 0.6) is 0 Å². The van der Waals surface area contributed by atoms with Gasteiger partial charge in [-0.05, 0) is 49.7 Å². The van der Waals surface area contributed by atoms with Gasteiger partial charge in [-0.1, -0.05) is 17.7 Å². The number of aromatic nitrogens is 1. The van der Waals surface area contributed by atoms with Gasteiger partial charge in [-0.15, -0.1) is 0 Å². The summed E-state index contributed by atoms with van der Waals surface area (Å²) in [7, 11) is 0. The Labute approximate surface area is 121 Å². The number of amides is 1. The molecule has 3 nitrogen and oxygen atoms in total. The Kier molecular flexibility index (Phi) is 3.22. The van der Waals surface area contributed by atoms with E-state index < -0.39 is 0 Å². The number of rotatable bonds is 2. The van der Waals surface area contributed by atoms with Crippen LogP contribution in [0.15, 0.2) is 42.5 Å². The minimum Gasteiger partial charge on any atom is -0.350 e. The number of aryl methyl sites for hydroxylation is 2. The Balaban J connectivity index is 1.96. The van der Waals surface area contributed by atoms with Gasteiger partial charge in [0.25, 0.3) is 5.91 Å². The van der Waals surface area contributed by atoms with E-state index in [0.717, 1.165) is 22.0 Å². The van der Waals surface area contributed by atoms with Crippen LogP contribution in [0.2, 0.25) is 0 Å². The van der Waals surface area contributed by atoms with Gasteiger partial charge in [-0.2, -0.15) is 0 Å². The molecule has 2 N–H and O–H groups in total. The molecule has 21 heavy (non-hydrogen) atoms. The summed E-state index contributed by atoms with van der Waals surface area (Å²) in [6.07, 6.45) is 0. The van der Waals surface area contributed by atoms with Gasteiger partial charge in [0.05, 0.1) is 0 Å². The van der Waals surface area contributed by atoms with Crippen LogP contribution in [0.4, 0.5) is 10.1 Å². The first-order valence-electron chi connectivity index (χ1n) is 6.70. The fourth-order valence-corrected chi connectivity index (χ4v) is 2.43. The predicted octanol–water partition coefficient (Wildman–Crippen LogP) is 4.18. The van der Waals surface area contributed by atoms with E-state index in [4.69, 9.17) is 0 Å². The fourth-order valence-electron chi connectivity index (χ4n) is 2.43. The molecule has 0 saturated heterocycles. The van der Waals surface area contributed by atoms with E-state index in [1.165, 1.54) is 12.1 Å². The zero-order chi connectivity index (χ0) is 15.0. The second-order valence-electron chi connectivity index (χ2n) is 5.14. The van der Waals surface area contributed by atoms with Crippen molar-refractivity contribution in [2.24, 2.45) is 0 Å². The highest BCUT2D eigenvalue weighted by molar-refractivity contribution is 6.07. The third kappa shape index (κ3) is 2.52. The van der Waals surface area contributed by atoms with Gasteiger partial charge in [-0.25, -0.2) is 4.39 Å². The SMILES string of the molecule is Cc1ccc2[nH]c(C(=O)Nc3cccc(F)c3)c(C)c2c1. The number of halogens is 1.